The van der Waals surface area contributed by atoms with Gasteiger partial charge in [-0.2, -0.15) is 0 Å². The summed E-state index contributed by atoms with van der Waals surface area (Å²) in [7, 11) is 3.14. The summed E-state index contributed by atoms with van der Waals surface area (Å²) in [5, 5.41) is 3.63. The monoisotopic (exact) mass is 313 g/mol. The Kier molecular flexibility index (Phi) is 6.44. The van der Waals surface area contributed by atoms with E-state index in [1.165, 1.54) is 0 Å². The summed E-state index contributed by atoms with van der Waals surface area (Å²) in [4.78, 5) is 2.81. The standard InChI is InChI=1S/C17H19N3O3/c1-21-17(22-2)14-8-9-16(15(10-14)11-19-20-18)23-12-13-6-4-3-5-7-13/h3-10,17H,11-12H2,1-2H3. The number of azide groups is 1. The molecule has 0 spiro atoms. The van der Waals surface area contributed by atoms with Crippen molar-refractivity contribution in [3.63, 3.8) is 0 Å². The summed E-state index contributed by atoms with van der Waals surface area (Å²) in [6.45, 7) is 0.649. The summed E-state index contributed by atoms with van der Waals surface area (Å²) >= 11 is 0. The highest BCUT2D eigenvalue weighted by atomic mass is 16.7. The maximum atomic E-state index is 8.57. The van der Waals surface area contributed by atoms with Gasteiger partial charge in [0.05, 0.1) is 6.54 Å². The molecule has 0 aromatic heterocycles. The van der Waals surface area contributed by atoms with Crippen LogP contribution in [0.4, 0.5) is 0 Å². The van der Waals surface area contributed by atoms with Crippen LogP contribution in [0.25, 0.3) is 10.4 Å². The molecule has 6 nitrogen and oxygen atoms in total. The molecule has 23 heavy (non-hydrogen) atoms. The molecule has 0 saturated carbocycles. The molecule has 0 amide bonds. The smallest absolute Gasteiger partial charge is 0.183 e. The van der Waals surface area contributed by atoms with Crippen molar-refractivity contribution in [1.29, 1.82) is 0 Å². The summed E-state index contributed by atoms with van der Waals surface area (Å²) in [5.74, 6) is 0.677. The molecule has 0 unspecified atom stereocenters. The molecule has 2 rings (SSSR count). The van der Waals surface area contributed by atoms with Crippen LogP contribution in [0.1, 0.15) is 23.0 Å². The molecule has 0 aliphatic rings. The van der Waals surface area contributed by atoms with Crippen LogP contribution in [0.15, 0.2) is 53.6 Å². The molecule has 0 atom stereocenters. The highest BCUT2D eigenvalue weighted by molar-refractivity contribution is 5.38. The van der Waals surface area contributed by atoms with Crippen LogP contribution in [0, 0.1) is 0 Å². The zero-order valence-corrected chi connectivity index (χ0v) is 13.2. The Morgan fingerprint density at radius 2 is 1.83 bits per heavy atom. The quantitative estimate of drug-likeness (QED) is 0.314. The Hall–Kier alpha value is -2.53. The normalized spacial score (nSPS) is 10.4. The van der Waals surface area contributed by atoms with Gasteiger partial charge in [0.25, 0.3) is 0 Å². The lowest BCUT2D eigenvalue weighted by molar-refractivity contribution is -0.106. The third kappa shape index (κ3) is 4.72. The Balaban J connectivity index is 2.21. The van der Waals surface area contributed by atoms with E-state index in [0.717, 1.165) is 16.7 Å². The summed E-state index contributed by atoms with van der Waals surface area (Å²) in [5.41, 5.74) is 11.3. The van der Waals surface area contributed by atoms with Crippen LogP contribution in [0.3, 0.4) is 0 Å². The maximum Gasteiger partial charge on any atom is 0.183 e. The van der Waals surface area contributed by atoms with Gasteiger partial charge in [-0.05, 0) is 23.2 Å². The molecule has 0 fully saturated rings. The number of nitrogens with zero attached hydrogens (tertiary/aromatic N) is 3. The van der Waals surface area contributed by atoms with Gasteiger partial charge in [-0.15, -0.1) is 0 Å². The van der Waals surface area contributed by atoms with Gasteiger partial charge >= 0.3 is 0 Å². The van der Waals surface area contributed by atoms with E-state index in [1.807, 2.05) is 48.5 Å². The van der Waals surface area contributed by atoms with E-state index in [2.05, 4.69) is 10.0 Å². The average Bonchev–Trinajstić information content (AvgIpc) is 2.61. The minimum absolute atomic E-state index is 0.203. The molecule has 6 heteroatoms. The third-order valence-corrected chi connectivity index (χ3v) is 3.33. The van der Waals surface area contributed by atoms with E-state index in [1.54, 1.807) is 14.2 Å². The van der Waals surface area contributed by atoms with Crippen molar-refractivity contribution < 1.29 is 14.2 Å². The topological polar surface area (TPSA) is 76.5 Å². The molecule has 0 heterocycles. The van der Waals surface area contributed by atoms with E-state index >= 15 is 0 Å². The molecular formula is C17H19N3O3. The molecule has 0 radical (unpaired) electrons. The van der Waals surface area contributed by atoms with Gasteiger partial charge in [0.2, 0.25) is 0 Å². The lowest BCUT2D eigenvalue weighted by Crippen LogP contribution is -2.05. The van der Waals surface area contributed by atoms with Crippen molar-refractivity contribution in [1.82, 2.24) is 0 Å². The summed E-state index contributed by atoms with van der Waals surface area (Å²) < 4.78 is 16.4. The largest absolute Gasteiger partial charge is 0.489 e. The van der Waals surface area contributed by atoms with Crippen molar-refractivity contribution in [3.05, 3.63) is 75.7 Å². The van der Waals surface area contributed by atoms with Gasteiger partial charge < -0.3 is 14.2 Å². The molecule has 0 aliphatic carbocycles. The molecular weight excluding hydrogens is 294 g/mol. The first-order valence-electron chi connectivity index (χ1n) is 7.14. The number of hydrogen-bond donors (Lipinski definition) is 0. The van der Waals surface area contributed by atoms with E-state index in [4.69, 9.17) is 19.7 Å². The van der Waals surface area contributed by atoms with E-state index in [-0.39, 0.29) is 6.54 Å². The molecule has 2 aromatic carbocycles. The number of rotatable bonds is 8. The van der Waals surface area contributed by atoms with Crippen LogP contribution in [0.5, 0.6) is 5.75 Å². The third-order valence-electron chi connectivity index (χ3n) is 3.33. The first kappa shape index (κ1) is 16.8. The summed E-state index contributed by atoms with van der Waals surface area (Å²) in [6, 6.07) is 15.5. The maximum absolute atomic E-state index is 8.57. The number of ether oxygens (including phenoxy) is 3. The van der Waals surface area contributed by atoms with Gasteiger partial charge in [-0.1, -0.05) is 41.5 Å². The van der Waals surface area contributed by atoms with Crippen molar-refractivity contribution >= 4 is 0 Å². The van der Waals surface area contributed by atoms with E-state index < -0.39 is 6.29 Å². The SMILES string of the molecule is COC(OC)c1ccc(OCc2ccccc2)c(CN=[N+]=[N-])c1. The minimum atomic E-state index is -0.469. The molecule has 0 N–H and O–H groups in total. The first-order valence-corrected chi connectivity index (χ1v) is 7.14. The van der Waals surface area contributed by atoms with Gasteiger partial charge in [-0.25, -0.2) is 0 Å². The van der Waals surface area contributed by atoms with Crippen molar-refractivity contribution in [2.24, 2.45) is 5.11 Å². The second-order valence-electron chi connectivity index (χ2n) is 4.83. The zero-order valence-electron chi connectivity index (χ0n) is 13.2. The van der Waals surface area contributed by atoms with Gasteiger partial charge in [-0.3, -0.25) is 0 Å². The first-order chi connectivity index (χ1) is 11.3. The van der Waals surface area contributed by atoms with Crippen molar-refractivity contribution in [2.75, 3.05) is 14.2 Å². The predicted molar refractivity (Wildman–Crippen MR) is 86.8 cm³/mol. The molecule has 0 saturated heterocycles. The molecule has 0 aliphatic heterocycles. The van der Waals surface area contributed by atoms with Crippen LogP contribution in [-0.4, -0.2) is 14.2 Å². The average molecular weight is 313 g/mol. The molecule has 0 bridgehead atoms. The number of methoxy groups -OCH3 is 2. The van der Waals surface area contributed by atoms with Crippen molar-refractivity contribution in [3.8, 4) is 5.75 Å². The Bertz CT molecular complexity index is 666. The molecule has 120 valence electrons. The predicted octanol–water partition coefficient (Wildman–Crippen LogP) is 4.37. The van der Waals surface area contributed by atoms with E-state index in [0.29, 0.717) is 12.4 Å². The Morgan fingerprint density at radius 3 is 2.48 bits per heavy atom. The van der Waals surface area contributed by atoms with Crippen molar-refractivity contribution in [2.45, 2.75) is 19.4 Å². The number of hydrogen-bond acceptors (Lipinski definition) is 4. The second kappa shape index (κ2) is 8.80. The highest BCUT2D eigenvalue weighted by Crippen LogP contribution is 2.27. The molecule has 2 aromatic rings. The second-order valence-corrected chi connectivity index (χ2v) is 4.83. The Morgan fingerprint density at radius 1 is 1.09 bits per heavy atom. The summed E-state index contributed by atoms with van der Waals surface area (Å²) in [6.07, 6.45) is -0.469. The van der Waals surface area contributed by atoms with Crippen LogP contribution >= 0.6 is 0 Å². The fourth-order valence-corrected chi connectivity index (χ4v) is 2.22. The fraction of sp³-hybridized carbons (Fsp3) is 0.294. The van der Waals surface area contributed by atoms with Gasteiger partial charge in [0.15, 0.2) is 6.29 Å². The lowest BCUT2D eigenvalue weighted by Gasteiger charge is -2.17. The minimum Gasteiger partial charge on any atom is -0.489 e. The van der Waals surface area contributed by atoms with Gasteiger partial charge in [0.1, 0.15) is 12.4 Å². The van der Waals surface area contributed by atoms with Crippen LogP contribution < -0.4 is 4.74 Å². The van der Waals surface area contributed by atoms with Crippen LogP contribution in [-0.2, 0) is 22.6 Å². The van der Waals surface area contributed by atoms with Gasteiger partial charge in [0, 0.05) is 30.3 Å². The lowest BCUT2D eigenvalue weighted by atomic mass is 10.1. The van der Waals surface area contributed by atoms with Crippen LogP contribution in [0.2, 0.25) is 0 Å². The van der Waals surface area contributed by atoms with E-state index in [9.17, 15) is 0 Å². The zero-order chi connectivity index (χ0) is 16.5. The number of benzene rings is 2. The fourth-order valence-electron chi connectivity index (χ4n) is 2.22. The Labute approximate surface area is 135 Å². The highest BCUT2D eigenvalue weighted by Gasteiger charge is 2.12.